The molecule has 0 radical (unpaired) electrons. The second-order valence-electron chi connectivity index (χ2n) is 4.89. The number of hydrogen-bond acceptors (Lipinski definition) is 3. The van der Waals surface area contributed by atoms with Crippen molar-refractivity contribution in [3.63, 3.8) is 0 Å². The fourth-order valence-electron chi connectivity index (χ4n) is 1.96. The Morgan fingerprint density at radius 3 is 2.78 bits per heavy atom. The van der Waals surface area contributed by atoms with E-state index in [1.54, 1.807) is 6.07 Å². The van der Waals surface area contributed by atoms with Crippen LogP contribution in [-0.2, 0) is 10.0 Å². The molecule has 100 valence electrons. The van der Waals surface area contributed by atoms with Crippen LogP contribution in [0, 0.1) is 5.92 Å². The molecular formula is C12H17ClN2O2S. The number of anilines is 1. The third-order valence-electron chi connectivity index (χ3n) is 2.98. The zero-order valence-corrected chi connectivity index (χ0v) is 11.8. The summed E-state index contributed by atoms with van der Waals surface area (Å²) in [7, 11) is -3.59. The Labute approximate surface area is 113 Å². The third kappa shape index (κ3) is 3.37. The molecule has 0 saturated heterocycles. The summed E-state index contributed by atoms with van der Waals surface area (Å²) in [6.07, 6.45) is 3.27. The van der Waals surface area contributed by atoms with Crippen LogP contribution in [0.25, 0.3) is 0 Å². The first kappa shape index (κ1) is 13.6. The molecule has 1 saturated carbocycles. The molecule has 0 aliphatic heterocycles. The molecule has 1 aromatic rings. The standard InChI is InChI=1S/C12H17ClN2O2S/c1-8(6-9-2-3-9)15-18(16,17)12-7-10(14)4-5-11(12)13/h4-5,7-9,15H,2-3,6,14H2,1H3. The summed E-state index contributed by atoms with van der Waals surface area (Å²) in [5.74, 6) is 0.666. The van der Waals surface area contributed by atoms with Gasteiger partial charge in [0.25, 0.3) is 0 Å². The molecule has 1 aromatic carbocycles. The number of sulfonamides is 1. The SMILES string of the molecule is CC(CC1CC1)NS(=O)(=O)c1cc(N)ccc1Cl. The smallest absolute Gasteiger partial charge is 0.242 e. The van der Waals surface area contributed by atoms with Crippen LogP contribution in [0.3, 0.4) is 0 Å². The van der Waals surface area contributed by atoms with Gasteiger partial charge in [-0.15, -0.1) is 0 Å². The first-order valence-electron chi connectivity index (χ1n) is 5.96. The molecule has 0 aromatic heterocycles. The maximum absolute atomic E-state index is 12.2. The average Bonchev–Trinajstić information content (AvgIpc) is 3.04. The van der Waals surface area contributed by atoms with Gasteiger partial charge < -0.3 is 5.73 Å². The molecule has 0 amide bonds. The molecule has 3 N–H and O–H groups in total. The van der Waals surface area contributed by atoms with Gasteiger partial charge in [0.2, 0.25) is 10.0 Å². The van der Waals surface area contributed by atoms with E-state index in [1.807, 2.05) is 6.92 Å². The summed E-state index contributed by atoms with van der Waals surface area (Å²) in [6, 6.07) is 4.38. The number of rotatable bonds is 5. The van der Waals surface area contributed by atoms with Gasteiger partial charge in [0.15, 0.2) is 0 Å². The Hall–Kier alpha value is -0.780. The van der Waals surface area contributed by atoms with Gasteiger partial charge in [-0.25, -0.2) is 13.1 Å². The highest BCUT2D eigenvalue weighted by Crippen LogP contribution is 2.34. The van der Waals surface area contributed by atoms with Gasteiger partial charge in [0.05, 0.1) is 5.02 Å². The summed E-state index contributed by atoms with van der Waals surface area (Å²) < 4.78 is 27.0. The third-order valence-corrected chi connectivity index (χ3v) is 5.06. The summed E-state index contributed by atoms with van der Waals surface area (Å²) in [5.41, 5.74) is 5.98. The number of nitrogens with one attached hydrogen (secondary N) is 1. The van der Waals surface area contributed by atoms with E-state index in [0.29, 0.717) is 11.6 Å². The molecule has 1 fully saturated rings. The lowest BCUT2D eigenvalue weighted by Crippen LogP contribution is -2.33. The summed E-state index contributed by atoms with van der Waals surface area (Å²) in [4.78, 5) is 0.0480. The number of nitrogen functional groups attached to an aromatic ring is 1. The molecular weight excluding hydrogens is 272 g/mol. The molecule has 1 aliphatic rings. The van der Waals surface area contributed by atoms with Crippen LogP contribution in [-0.4, -0.2) is 14.5 Å². The van der Waals surface area contributed by atoms with E-state index in [9.17, 15) is 8.42 Å². The van der Waals surface area contributed by atoms with Gasteiger partial charge in [0.1, 0.15) is 4.90 Å². The molecule has 1 aliphatic carbocycles. The van der Waals surface area contributed by atoms with E-state index in [-0.39, 0.29) is 16.0 Å². The molecule has 4 nitrogen and oxygen atoms in total. The maximum Gasteiger partial charge on any atom is 0.242 e. The Morgan fingerprint density at radius 1 is 1.50 bits per heavy atom. The monoisotopic (exact) mass is 288 g/mol. The predicted octanol–water partition coefficient (Wildman–Crippen LogP) is 2.39. The minimum absolute atomic E-state index is 0.0480. The minimum atomic E-state index is -3.59. The van der Waals surface area contributed by atoms with Crippen LogP contribution in [0.2, 0.25) is 5.02 Å². The Balaban J connectivity index is 2.16. The van der Waals surface area contributed by atoms with E-state index in [4.69, 9.17) is 17.3 Å². The molecule has 1 unspecified atom stereocenters. The molecule has 6 heteroatoms. The van der Waals surface area contributed by atoms with E-state index in [0.717, 1.165) is 6.42 Å². The first-order valence-corrected chi connectivity index (χ1v) is 7.82. The quantitative estimate of drug-likeness (QED) is 0.817. The molecule has 0 heterocycles. The van der Waals surface area contributed by atoms with Crippen LogP contribution in [0.4, 0.5) is 5.69 Å². The van der Waals surface area contributed by atoms with Gasteiger partial charge in [0, 0.05) is 11.7 Å². The van der Waals surface area contributed by atoms with Crippen LogP contribution < -0.4 is 10.5 Å². The van der Waals surface area contributed by atoms with Crippen molar-refractivity contribution in [3.8, 4) is 0 Å². The average molecular weight is 289 g/mol. The number of nitrogens with two attached hydrogens (primary N) is 1. The van der Waals surface area contributed by atoms with E-state index < -0.39 is 10.0 Å². The maximum atomic E-state index is 12.2. The Bertz CT molecular complexity index is 541. The summed E-state index contributed by atoms with van der Waals surface area (Å²) in [5, 5.41) is 0.190. The van der Waals surface area contributed by atoms with Crippen molar-refractivity contribution in [2.75, 3.05) is 5.73 Å². The Morgan fingerprint density at radius 2 is 2.17 bits per heavy atom. The van der Waals surface area contributed by atoms with Gasteiger partial charge in [-0.1, -0.05) is 24.4 Å². The zero-order chi connectivity index (χ0) is 13.3. The highest BCUT2D eigenvalue weighted by Gasteiger charge is 2.27. The number of benzene rings is 1. The Kier molecular flexibility index (Phi) is 3.84. The normalized spacial score (nSPS) is 17.7. The van der Waals surface area contributed by atoms with Gasteiger partial charge in [-0.05, 0) is 37.5 Å². The lowest BCUT2D eigenvalue weighted by molar-refractivity contribution is 0.530. The molecule has 18 heavy (non-hydrogen) atoms. The van der Waals surface area contributed by atoms with Crippen molar-refractivity contribution in [2.45, 2.75) is 37.1 Å². The zero-order valence-electron chi connectivity index (χ0n) is 10.2. The van der Waals surface area contributed by atoms with Gasteiger partial charge >= 0.3 is 0 Å². The van der Waals surface area contributed by atoms with Crippen LogP contribution in [0.15, 0.2) is 23.1 Å². The second-order valence-corrected chi connectivity index (χ2v) is 6.98. The largest absolute Gasteiger partial charge is 0.399 e. The van der Waals surface area contributed by atoms with Crippen molar-refractivity contribution < 1.29 is 8.42 Å². The predicted molar refractivity (Wildman–Crippen MR) is 73.0 cm³/mol. The molecule has 0 bridgehead atoms. The lowest BCUT2D eigenvalue weighted by atomic mass is 10.2. The summed E-state index contributed by atoms with van der Waals surface area (Å²) >= 11 is 5.91. The van der Waals surface area contributed by atoms with E-state index in [1.165, 1.54) is 25.0 Å². The van der Waals surface area contributed by atoms with Crippen molar-refractivity contribution in [3.05, 3.63) is 23.2 Å². The fourth-order valence-corrected chi connectivity index (χ4v) is 3.75. The van der Waals surface area contributed by atoms with Crippen LogP contribution in [0.1, 0.15) is 26.2 Å². The molecule has 1 atom stereocenters. The van der Waals surface area contributed by atoms with Crippen molar-refractivity contribution >= 4 is 27.3 Å². The van der Waals surface area contributed by atoms with Crippen LogP contribution >= 0.6 is 11.6 Å². The van der Waals surface area contributed by atoms with Crippen molar-refractivity contribution in [1.29, 1.82) is 0 Å². The van der Waals surface area contributed by atoms with Gasteiger partial charge in [-0.2, -0.15) is 0 Å². The number of hydrogen-bond donors (Lipinski definition) is 2. The van der Waals surface area contributed by atoms with Crippen molar-refractivity contribution in [2.24, 2.45) is 5.92 Å². The van der Waals surface area contributed by atoms with Crippen molar-refractivity contribution in [1.82, 2.24) is 4.72 Å². The lowest BCUT2D eigenvalue weighted by Gasteiger charge is -2.14. The fraction of sp³-hybridized carbons (Fsp3) is 0.500. The molecule has 0 spiro atoms. The van der Waals surface area contributed by atoms with Crippen LogP contribution in [0.5, 0.6) is 0 Å². The van der Waals surface area contributed by atoms with E-state index in [2.05, 4.69) is 4.72 Å². The van der Waals surface area contributed by atoms with Gasteiger partial charge in [-0.3, -0.25) is 0 Å². The summed E-state index contributed by atoms with van der Waals surface area (Å²) in [6.45, 7) is 1.87. The first-order chi connectivity index (χ1) is 8.38. The highest BCUT2D eigenvalue weighted by atomic mass is 35.5. The van der Waals surface area contributed by atoms with E-state index >= 15 is 0 Å². The molecule has 2 rings (SSSR count). The number of halogens is 1. The minimum Gasteiger partial charge on any atom is -0.399 e. The highest BCUT2D eigenvalue weighted by molar-refractivity contribution is 7.89. The topological polar surface area (TPSA) is 72.2 Å². The second kappa shape index (κ2) is 5.07.